The number of rotatable bonds is 6. The van der Waals surface area contributed by atoms with E-state index in [1.807, 2.05) is 23.6 Å². The van der Waals surface area contributed by atoms with Crippen molar-refractivity contribution in [3.63, 3.8) is 0 Å². The molecule has 2 heterocycles. The van der Waals surface area contributed by atoms with Gasteiger partial charge in [-0.2, -0.15) is 5.26 Å². The Hall–Kier alpha value is -2.11. The smallest absolute Gasteiger partial charge is 0.233 e. The molecule has 0 radical (unpaired) electrons. The monoisotopic (exact) mass is 333 g/mol. The van der Waals surface area contributed by atoms with Crippen molar-refractivity contribution in [3.8, 4) is 6.07 Å². The van der Waals surface area contributed by atoms with Gasteiger partial charge in [-0.25, -0.2) is 9.97 Å². The Morgan fingerprint density at radius 1 is 1.64 bits per heavy atom. The zero-order chi connectivity index (χ0) is 15.9. The SMILES string of the molecule is C[C@H](Sc1ncc(C#N)c(N)n1)C(=O)NCCc1cccs1. The lowest BCUT2D eigenvalue weighted by molar-refractivity contribution is -0.120. The Balaban J connectivity index is 1.83. The number of nitriles is 1. The molecule has 8 heteroatoms. The molecule has 0 fully saturated rings. The lowest BCUT2D eigenvalue weighted by atomic mass is 10.3. The van der Waals surface area contributed by atoms with Crippen molar-refractivity contribution in [2.75, 3.05) is 12.3 Å². The summed E-state index contributed by atoms with van der Waals surface area (Å²) in [5.74, 6) is 0.0541. The highest BCUT2D eigenvalue weighted by molar-refractivity contribution is 8.00. The van der Waals surface area contributed by atoms with E-state index in [4.69, 9.17) is 11.0 Å². The van der Waals surface area contributed by atoms with Crippen molar-refractivity contribution in [2.45, 2.75) is 23.8 Å². The van der Waals surface area contributed by atoms with Gasteiger partial charge < -0.3 is 11.1 Å². The minimum absolute atomic E-state index is 0.0758. The van der Waals surface area contributed by atoms with Gasteiger partial charge in [0.15, 0.2) is 5.16 Å². The van der Waals surface area contributed by atoms with Crippen molar-refractivity contribution in [1.29, 1.82) is 5.26 Å². The largest absolute Gasteiger partial charge is 0.382 e. The molecule has 1 atom stereocenters. The summed E-state index contributed by atoms with van der Waals surface area (Å²) >= 11 is 2.89. The minimum Gasteiger partial charge on any atom is -0.382 e. The van der Waals surface area contributed by atoms with Crippen LogP contribution < -0.4 is 11.1 Å². The Morgan fingerprint density at radius 3 is 3.09 bits per heavy atom. The van der Waals surface area contributed by atoms with Crippen LogP contribution >= 0.6 is 23.1 Å². The number of carbonyl (C=O) groups excluding carboxylic acids is 1. The minimum atomic E-state index is -0.337. The maximum atomic E-state index is 12.0. The van der Waals surface area contributed by atoms with E-state index in [0.717, 1.165) is 6.42 Å². The van der Waals surface area contributed by atoms with Crippen LogP contribution in [0.3, 0.4) is 0 Å². The van der Waals surface area contributed by atoms with Crippen LogP contribution in [0.25, 0.3) is 0 Å². The third kappa shape index (κ3) is 4.44. The molecule has 0 aromatic carbocycles. The van der Waals surface area contributed by atoms with Crippen LogP contribution in [0.1, 0.15) is 17.4 Å². The van der Waals surface area contributed by atoms with E-state index in [1.54, 1.807) is 18.3 Å². The van der Waals surface area contributed by atoms with Gasteiger partial charge in [0.25, 0.3) is 0 Å². The predicted molar refractivity (Wildman–Crippen MR) is 87.5 cm³/mol. The highest BCUT2D eigenvalue weighted by Crippen LogP contribution is 2.21. The second kappa shape index (κ2) is 7.77. The summed E-state index contributed by atoms with van der Waals surface area (Å²) in [5.41, 5.74) is 5.87. The number of thiophene rings is 1. The van der Waals surface area contributed by atoms with Gasteiger partial charge in [-0.1, -0.05) is 17.8 Å². The number of nitrogens with zero attached hydrogens (tertiary/aromatic N) is 3. The Bertz CT molecular complexity index is 681. The number of amides is 1. The number of aromatic nitrogens is 2. The van der Waals surface area contributed by atoms with Crippen LogP contribution in [0.15, 0.2) is 28.9 Å². The molecule has 0 aliphatic heterocycles. The fourth-order valence-corrected chi connectivity index (χ4v) is 3.12. The summed E-state index contributed by atoms with van der Waals surface area (Å²) in [5, 5.41) is 13.7. The number of nitrogens with two attached hydrogens (primary N) is 1. The molecule has 0 saturated carbocycles. The van der Waals surface area contributed by atoms with Crippen molar-refractivity contribution < 1.29 is 4.79 Å². The molecule has 22 heavy (non-hydrogen) atoms. The molecule has 0 saturated heterocycles. The number of hydrogen-bond donors (Lipinski definition) is 2. The normalized spacial score (nSPS) is 11.6. The van der Waals surface area contributed by atoms with Gasteiger partial charge in [-0.3, -0.25) is 4.79 Å². The van der Waals surface area contributed by atoms with Crippen molar-refractivity contribution in [1.82, 2.24) is 15.3 Å². The predicted octanol–water partition coefficient (Wildman–Crippen LogP) is 1.83. The summed E-state index contributed by atoms with van der Waals surface area (Å²) in [6, 6.07) is 5.94. The van der Waals surface area contributed by atoms with E-state index in [0.29, 0.717) is 11.7 Å². The van der Waals surface area contributed by atoms with Crippen molar-refractivity contribution >= 4 is 34.8 Å². The molecule has 0 spiro atoms. The number of carbonyl (C=O) groups is 1. The summed E-state index contributed by atoms with van der Waals surface area (Å²) in [7, 11) is 0. The average molecular weight is 333 g/mol. The molecule has 2 rings (SSSR count). The number of nitrogens with one attached hydrogen (secondary N) is 1. The lowest BCUT2D eigenvalue weighted by Gasteiger charge is -2.11. The third-order valence-corrected chi connectivity index (χ3v) is 4.73. The summed E-state index contributed by atoms with van der Waals surface area (Å²) in [4.78, 5) is 21.3. The second-order valence-corrected chi connectivity index (χ2v) is 6.78. The van der Waals surface area contributed by atoms with Gasteiger partial charge in [-0.05, 0) is 24.8 Å². The van der Waals surface area contributed by atoms with E-state index >= 15 is 0 Å². The highest BCUT2D eigenvalue weighted by atomic mass is 32.2. The molecule has 0 aliphatic carbocycles. The average Bonchev–Trinajstić information content (AvgIpc) is 3.00. The van der Waals surface area contributed by atoms with Gasteiger partial charge in [0, 0.05) is 11.4 Å². The molecule has 2 aromatic rings. The maximum Gasteiger partial charge on any atom is 0.233 e. The highest BCUT2D eigenvalue weighted by Gasteiger charge is 2.16. The topological polar surface area (TPSA) is 105 Å². The van der Waals surface area contributed by atoms with Crippen molar-refractivity contribution in [3.05, 3.63) is 34.2 Å². The fourth-order valence-electron chi connectivity index (χ4n) is 1.64. The molecule has 3 N–H and O–H groups in total. The van der Waals surface area contributed by atoms with E-state index in [-0.39, 0.29) is 22.5 Å². The molecule has 0 bridgehead atoms. The lowest BCUT2D eigenvalue weighted by Crippen LogP contribution is -2.32. The van der Waals surface area contributed by atoms with Gasteiger partial charge in [0.1, 0.15) is 17.5 Å². The van der Waals surface area contributed by atoms with Crippen LogP contribution in [-0.4, -0.2) is 27.7 Å². The number of thioether (sulfide) groups is 1. The Kier molecular flexibility index (Phi) is 5.75. The molecular formula is C14H15N5OS2. The van der Waals surface area contributed by atoms with Gasteiger partial charge in [0.2, 0.25) is 5.91 Å². The zero-order valence-corrected chi connectivity index (χ0v) is 13.6. The molecule has 114 valence electrons. The molecular weight excluding hydrogens is 318 g/mol. The van der Waals surface area contributed by atoms with Crippen LogP contribution in [0.2, 0.25) is 0 Å². The van der Waals surface area contributed by atoms with E-state index < -0.39 is 0 Å². The van der Waals surface area contributed by atoms with Gasteiger partial charge in [-0.15, -0.1) is 11.3 Å². The Labute approximate surface area is 136 Å². The van der Waals surface area contributed by atoms with E-state index in [9.17, 15) is 4.79 Å². The molecule has 1 amide bonds. The second-order valence-electron chi connectivity index (χ2n) is 4.44. The standard InChI is InChI=1S/C14H15N5OS2/c1-9(13(20)17-5-4-11-3-2-6-21-11)22-14-18-8-10(7-15)12(16)19-14/h2-3,6,8-9H,4-5H2,1H3,(H,17,20)(H2,16,18,19)/t9-/m0/s1. The van der Waals surface area contributed by atoms with Gasteiger partial charge >= 0.3 is 0 Å². The summed E-state index contributed by atoms with van der Waals surface area (Å²) in [6.07, 6.45) is 2.19. The third-order valence-electron chi connectivity index (χ3n) is 2.82. The molecule has 0 unspecified atom stereocenters. The zero-order valence-electron chi connectivity index (χ0n) is 11.9. The number of hydrogen-bond acceptors (Lipinski definition) is 7. The van der Waals surface area contributed by atoms with Crippen LogP contribution in [0.5, 0.6) is 0 Å². The molecule has 0 aliphatic rings. The van der Waals surface area contributed by atoms with E-state index in [2.05, 4.69) is 15.3 Å². The quantitative estimate of drug-likeness (QED) is 0.617. The molecule has 2 aromatic heterocycles. The number of nitrogen functional groups attached to an aromatic ring is 1. The first-order chi connectivity index (χ1) is 10.6. The van der Waals surface area contributed by atoms with Gasteiger partial charge in [0.05, 0.1) is 11.4 Å². The Morgan fingerprint density at radius 2 is 2.45 bits per heavy atom. The first kappa shape index (κ1) is 16.3. The van der Waals surface area contributed by atoms with E-state index in [1.165, 1.54) is 22.8 Å². The fraction of sp³-hybridized carbons (Fsp3) is 0.286. The summed E-state index contributed by atoms with van der Waals surface area (Å²) in [6.45, 7) is 2.38. The van der Waals surface area contributed by atoms with Crippen molar-refractivity contribution in [2.24, 2.45) is 0 Å². The van der Waals surface area contributed by atoms with Crippen LogP contribution in [0.4, 0.5) is 5.82 Å². The maximum absolute atomic E-state index is 12.0. The van der Waals surface area contributed by atoms with Crippen LogP contribution in [0, 0.1) is 11.3 Å². The van der Waals surface area contributed by atoms with Crippen LogP contribution in [-0.2, 0) is 11.2 Å². The number of anilines is 1. The first-order valence-electron chi connectivity index (χ1n) is 6.59. The summed E-state index contributed by atoms with van der Waals surface area (Å²) < 4.78 is 0. The molecule has 6 nitrogen and oxygen atoms in total. The first-order valence-corrected chi connectivity index (χ1v) is 8.35.